The molecule has 1 aliphatic carbocycles. The van der Waals surface area contributed by atoms with Gasteiger partial charge < -0.3 is 15.7 Å². The number of rotatable bonds is 4. The summed E-state index contributed by atoms with van der Waals surface area (Å²) in [5.41, 5.74) is -0.749. The van der Waals surface area contributed by atoms with Crippen molar-refractivity contribution in [2.45, 2.75) is 93.3 Å². The maximum Gasteiger partial charge on any atom is 0.238 e. The van der Waals surface area contributed by atoms with Crippen LogP contribution in [0.1, 0.15) is 69.9 Å². The Morgan fingerprint density at radius 2 is 1.89 bits per heavy atom. The highest BCUT2D eigenvalue weighted by molar-refractivity contribution is 8.14. The molecule has 1 saturated carbocycles. The number of carbonyl (C=O) groups excluding carboxylic acids is 2. The van der Waals surface area contributed by atoms with Crippen LogP contribution in [0.2, 0.25) is 5.02 Å². The fraction of sp³-hybridized carbons (Fsp3) is 0.517. The van der Waals surface area contributed by atoms with E-state index in [0.717, 1.165) is 11.8 Å². The van der Waals surface area contributed by atoms with Crippen LogP contribution in [0.25, 0.3) is 0 Å². The Labute approximate surface area is 231 Å². The van der Waals surface area contributed by atoms with E-state index in [1.807, 2.05) is 0 Å². The summed E-state index contributed by atoms with van der Waals surface area (Å²) in [6.45, 7) is 6.16. The monoisotopic (exact) mass is 562 g/mol. The van der Waals surface area contributed by atoms with E-state index >= 15 is 4.39 Å². The number of aliphatic hydroxyl groups is 1. The molecule has 2 aromatic carbocycles. The zero-order valence-corrected chi connectivity index (χ0v) is 23.3. The van der Waals surface area contributed by atoms with Gasteiger partial charge in [-0.3, -0.25) is 9.59 Å². The molecule has 2 fully saturated rings. The van der Waals surface area contributed by atoms with Crippen molar-refractivity contribution in [3.8, 4) is 0 Å². The summed E-state index contributed by atoms with van der Waals surface area (Å²) in [4.78, 5) is 28.5. The molecule has 38 heavy (non-hydrogen) atoms. The summed E-state index contributed by atoms with van der Waals surface area (Å²) in [6.07, 6.45) is 2.63. The summed E-state index contributed by atoms with van der Waals surface area (Å²) in [7, 11) is 0. The lowest BCUT2D eigenvalue weighted by Gasteiger charge is -2.38. The van der Waals surface area contributed by atoms with Crippen molar-refractivity contribution in [2.24, 2.45) is 5.41 Å². The van der Waals surface area contributed by atoms with E-state index in [9.17, 15) is 19.1 Å². The third-order valence-corrected chi connectivity index (χ3v) is 9.52. The summed E-state index contributed by atoms with van der Waals surface area (Å²) >= 11 is 7.18. The summed E-state index contributed by atoms with van der Waals surface area (Å²) < 4.78 is 30.0. The van der Waals surface area contributed by atoms with E-state index in [1.54, 1.807) is 18.2 Å². The van der Waals surface area contributed by atoms with Crippen LogP contribution < -0.4 is 10.6 Å². The first-order valence-corrected chi connectivity index (χ1v) is 14.3. The molecular weight excluding hydrogens is 530 g/mol. The normalized spacial score (nSPS) is 31.0. The molecule has 3 N–H and O–H groups in total. The Kier molecular flexibility index (Phi) is 7.39. The van der Waals surface area contributed by atoms with E-state index in [-0.39, 0.29) is 39.2 Å². The lowest BCUT2D eigenvalue weighted by Crippen LogP contribution is -2.49. The summed E-state index contributed by atoms with van der Waals surface area (Å²) in [5.74, 6) is -2.35. The van der Waals surface area contributed by atoms with Crippen LogP contribution in [0, 0.1) is 17.0 Å². The first-order valence-electron chi connectivity index (χ1n) is 13.1. The second-order valence-corrected chi connectivity index (χ2v) is 13.4. The molecule has 5 rings (SSSR count). The zero-order chi connectivity index (χ0) is 27.4. The highest BCUT2D eigenvalue weighted by Crippen LogP contribution is 2.60. The fourth-order valence-corrected chi connectivity index (χ4v) is 7.97. The van der Waals surface area contributed by atoms with Gasteiger partial charge in [0.1, 0.15) is 11.6 Å². The predicted octanol–water partition coefficient (Wildman–Crippen LogP) is 5.47. The van der Waals surface area contributed by atoms with Gasteiger partial charge in [-0.2, -0.15) is 0 Å². The van der Waals surface area contributed by atoms with Gasteiger partial charge in [0.2, 0.25) is 11.0 Å². The third-order valence-electron chi connectivity index (χ3n) is 8.14. The number of hydrogen-bond donors (Lipinski definition) is 3. The highest BCUT2D eigenvalue weighted by Gasteiger charge is 2.66. The van der Waals surface area contributed by atoms with Crippen LogP contribution in [-0.4, -0.2) is 40.4 Å². The molecule has 2 aromatic rings. The number of thioether (sulfide) groups is 1. The first kappa shape index (κ1) is 27.6. The fourth-order valence-electron chi connectivity index (χ4n) is 6.52. The molecule has 1 saturated heterocycles. The molecular formula is C29H33ClF2N2O3S. The van der Waals surface area contributed by atoms with E-state index in [1.165, 1.54) is 18.2 Å². The molecule has 2 aliphatic heterocycles. The molecule has 0 radical (unpaired) electrons. The molecule has 4 atom stereocenters. The molecule has 204 valence electrons. The minimum Gasteiger partial charge on any atom is -0.393 e. The van der Waals surface area contributed by atoms with Gasteiger partial charge in [0.05, 0.1) is 22.6 Å². The Morgan fingerprint density at radius 3 is 2.58 bits per heavy atom. The van der Waals surface area contributed by atoms with Gasteiger partial charge in [-0.05, 0) is 66.8 Å². The second-order valence-electron chi connectivity index (χ2n) is 12.0. The lowest BCUT2D eigenvalue weighted by atomic mass is 9.62. The van der Waals surface area contributed by atoms with Crippen LogP contribution in [0.4, 0.5) is 8.78 Å². The van der Waals surface area contributed by atoms with Gasteiger partial charge in [0.15, 0.2) is 0 Å². The average molecular weight is 563 g/mol. The number of fused-ring (bicyclic) bond motifs is 2. The largest absolute Gasteiger partial charge is 0.393 e. The van der Waals surface area contributed by atoms with Crippen molar-refractivity contribution >= 4 is 34.4 Å². The SMILES string of the molecule is CC(C)(C)C[C@H]1N[C@@H](C(=O)N[C@H]2CC[C@H](O)CC2)[C@H](c2cccc(Cl)c2F)[C@@]12C(=O)Sc1cc(F)ccc12. The van der Waals surface area contributed by atoms with Gasteiger partial charge in [-0.15, -0.1) is 0 Å². The standard InChI is InChI=1S/C29H33ClF2N2O3S/c1-28(2,3)14-22-29(19-12-7-15(31)13-21(19)38-27(29)37)23(18-5-4-6-20(30)24(18)32)25(34-22)26(36)33-16-8-10-17(35)11-9-16/h4-7,12-13,16-17,22-23,25,34-35H,8-11,14H2,1-3H3,(H,33,36)/t16-,17-,22-,23+,25-,29+/m1/s1. The van der Waals surface area contributed by atoms with Crippen molar-refractivity contribution in [1.29, 1.82) is 0 Å². The smallest absolute Gasteiger partial charge is 0.238 e. The number of halogens is 3. The van der Waals surface area contributed by atoms with Gasteiger partial charge >= 0.3 is 0 Å². The van der Waals surface area contributed by atoms with Crippen LogP contribution in [-0.2, 0) is 15.0 Å². The van der Waals surface area contributed by atoms with E-state index in [2.05, 4.69) is 31.4 Å². The third kappa shape index (κ3) is 4.78. The van der Waals surface area contributed by atoms with Crippen molar-refractivity contribution in [1.82, 2.24) is 10.6 Å². The van der Waals surface area contributed by atoms with Crippen molar-refractivity contribution < 1.29 is 23.5 Å². The second kappa shape index (κ2) is 10.2. The highest BCUT2D eigenvalue weighted by atomic mass is 35.5. The summed E-state index contributed by atoms with van der Waals surface area (Å²) in [5, 5.41) is 16.1. The Balaban J connectivity index is 1.67. The van der Waals surface area contributed by atoms with Crippen LogP contribution in [0.5, 0.6) is 0 Å². The van der Waals surface area contributed by atoms with Crippen LogP contribution in [0.3, 0.4) is 0 Å². The van der Waals surface area contributed by atoms with Gasteiger partial charge in [-0.25, -0.2) is 8.78 Å². The van der Waals surface area contributed by atoms with E-state index < -0.39 is 35.1 Å². The molecule has 5 nitrogen and oxygen atoms in total. The predicted molar refractivity (Wildman–Crippen MR) is 144 cm³/mol. The van der Waals surface area contributed by atoms with Gasteiger partial charge in [0.25, 0.3) is 0 Å². The van der Waals surface area contributed by atoms with Crippen LogP contribution >= 0.6 is 23.4 Å². The van der Waals surface area contributed by atoms with E-state index in [4.69, 9.17) is 11.6 Å². The Hall–Kier alpha value is -2.00. The van der Waals surface area contributed by atoms with Gasteiger partial charge in [0, 0.05) is 22.9 Å². The Bertz CT molecular complexity index is 1260. The molecule has 9 heteroatoms. The van der Waals surface area contributed by atoms with E-state index in [0.29, 0.717) is 42.6 Å². The lowest BCUT2D eigenvalue weighted by molar-refractivity contribution is -0.124. The minimum atomic E-state index is -1.31. The topological polar surface area (TPSA) is 78.4 Å². The molecule has 2 heterocycles. The maximum absolute atomic E-state index is 15.8. The van der Waals surface area contributed by atoms with Crippen molar-refractivity contribution in [3.63, 3.8) is 0 Å². The average Bonchev–Trinajstić information content (AvgIpc) is 3.31. The number of hydrogen-bond acceptors (Lipinski definition) is 5. The number of aliphatic hydroxyl groups excluding tert-OH is 1. The molecule has 0 bridgehead atoms. The number of nitrogens with one attached hydrogen (secondary N) is 2. The molecule has 3 aliphatic rings. The quantitative estimate of drug-likeness (QED) is 0.461. The van der Waals surface area contributed by atoms with Crippen molar-refractivity contribution in [3.05, 3.63) is 64.2 Å². The molecule has 1 amide bonds. The maximum atomic E-state index is 15.8. The molecule has 1 spiro atoms. The van der Waals surface area contributed by atoms with Gasteiger partial charge in [-0.1, -0.05) is 62.3 Å². The zero-order valence-electron chi connectivity index (χ0n) is 21.7. The molecule has 0 unspecified atom stereocenters. The first-order chi connectivity index (χ1) is 17.9. The van der Waals surface area contributed by atoms with Crippen LogP contribution in [0.15, 0.2) is 41.3 Å². The molecule has 0 aromatic heterocycles. The number of amides is 1. The number of benzene rings is 2. The Morgan fingerprint density at radius 1 is 1.18 bits per heavy atom. The number of carbonyl (C=O) groups is 2. The van der Waals surface area contributed by atoms with Crippen molar-refractivity contribution in [2.75, 3.05) is 0 Å². The minimum absolute atomic E-state index is 0.0882. The summed E-state index contributed by atoms with van der Waals surface area (Å²) in [6, 6.07) is 7.37.